The molecule has 1 unspecified atom stereocenters. The predicted octanol–water partition coefficient (Wildman–Crippen LogP) is 2.63. The minimum Gasteiger partial charge on any atom is -0.366 e. The van der Waals surface area contributed by atoms with Gasteiger partial charge in [0.05, 0.1) is 16.6 Å². The van der Waals surface area contributed by atoms with Crippen molar-refractivity contribution in [3.8, 4) is 0 Å². The van der Waals surface area contributed by atoms with Crippen LogP contribution in [0.1, 0.15) is 22.0 Å². The largest absolute Gasteiger partial charge is 0.366 e. The van der Waals surface area contributed by atoms with Gasteiger partial charge in [0.2, 0.25) is 0 Å². The van der Waals surface area contributed by atoms with Crippen molar-refractivity contribution in [3.05, 3.63) is 58.8 Å². The molecule has 2 heterocycles. The molecule has 140 valence electrons. The molecule has 0 aliphatic carbocycles. The minimum absolute atomic E-state index is 0.0580. The summed E-state index contributed by atoms with van der Waals surface area (Å²) in [5.41, 5.74) is 7.13. The molecular formula is C18H18ClFN6O. The van der Waals surface area contributed by atoms with Gasteiger partial charge in [-0.05, 0) is 37.9 Å². The van der Waals surface area contributed by atoms with Gasteiger partial charge in [-0.2, -0.15) is 0 Å². The van der Waals surface area contributed by atoms with E-state index in [0.29, 0.717) is 29.0 Å². The number of primary amides is 1. The fraction of sp³-hybridized carbons (Fsp3) is 0.222. The zero-order valence-corrected chi connectivity index (χ0v) is 15.5. The summed E-state index contributed by atoms with van der Waals surface area (Å²) >= 11 is 5.80. The highest BCUT2D eigenvalue weighted by atomic mass is 35.5. The number of amides is 1. The third-order valence-corrected chi connectivity index (χ3v) is 4.30. The van der Waals surface area contributed by atoms with E-state index in [9.17, 15) is 9.18 Å². The molecule has 3 aromatic rings. The molecule has 27 heavy (non-hydrogen) atoms. The number of likely N-dealkylation sites (N-methyl/N-ethyl adjacent to an activating group) is 1. The Kier molecular flexibility index (Phi) is 5.48. The standard InChI is InChI=1S/C18H18ClFN6O/c1-26(2)8-14(10-3-4-12(19)13(20)7-10)25-18-16-15(23-9-24-18)11(17(21)27)5-6-22-16/h3-7,9,14H,8H2,1-2H3,(H2,21,27)(H,23,24,25). The van der Waals surface area contributed by atoms with Crippen LogP contribution in [-0.2, 0) is 0 Å². The van der Waals surface area contributed by atoms with Crippen LogP contribution in [0.2, 0.25) is 5.02 Å². The number of fused-ring (bicyclic) bond motifs is 1. The van der Waals surface area contributed by atoms with E-state index in [1.807, 2.05) is 19.0 Å². The topological polar surface area (TPSA) is 97.0 Å². The van der Waals surface area contributed by atoms with Crippen molar-refractivity contribution in [2.75, 3.05) is 26.0 Å². The lowest BCUT2D eigenvalue weighted by molar-refractivity contribution is 0.100. The molecule has 3 N–H and O–H groups in total. The first-order chi connectivity index (χ1) is 12.9. The van der Waals surface area contributed by atoms with Gasteiger partial charge in [-0.1, -0.05) is 17.7 Å². The SMILES string of the molecule is CN(C)CC(Nc1ncnc2c(C(N)=O)ccnc12)c1ccc(Cl)c(F)c1. The van der Waals surface area contributed by atoms with Crippen molar-refractivity contribution in [1.29, 1.82) is 0 Å². The van der Waals surface area contributed by atoms with Gasteiger partial charge in [-0.25, -0.2) is 14.4 Å². The molecule has 3 rings (SSSR count). The normalized spacial score (nSPS) is 12.3. The van der Waals surface area contributed by atoms with Gasteiger partial charge < -0.3 is 16.0 Å². The van der Waals surface area contributed by atoms with E-state index in [0.717, 1.165) is 0 Å². The average molecular weight is 389 g/mol. The fourth-order valence-electron chi connectivity index (χ4n) is 2.76. The number of nitrogens with one attached hydrogen (secondary N) is 1. The molecule has 7 nitrogen and oxygen atoms in total. The summed E-state index contributed by atoms with van der Waals surface area (Å²) in [6, 6.07) is 5.85. The minimum atomic E-state index is -0.600. The van der Waals surface area contributed by atoms with Gasteiger partial charge in [-0.3, -0.25) is 9.78 Å². The average Bonchev–Trinajstić information content (AvgIpc) is 2.62. The lowest BCUT2D eigenvalue weighted by atomic mass is 10.1. The zero-order valence-electron chi connectivity index (χ0n) is 14.8. The Hall–Kier alpha value is -2.84. The Bertz CT molecular complexity index is 997. The van der Waals surface area contributed by atoms with Crippen LogP contribution >= 0.6 is 11.6 Å². The molecule has 0 saturated carbocycles. The molecule has 0 radical (unpaired) electrons. The number of nitrogens with two attached hydrogens (primary N) is 1. The molecule has 0 saturated heterocycles. The smallest absolute Gasteiger partial charge is 0.251 e. The van der Waals surface area contributed by atoms with Crippen LogP contribution in [-0.4, -0.2) is 46.4 Å². The van der Waals surface area contributed by atoms with Crippen LogP contribution in [0.15, 0.2) is 36.8 Å². The van der Waals surface area contributed by atoms with Gasteiger partial charge in [0.1, 0.15) is 23.2 Å². The van der Waals surface area contributed by atoms with Crippen molar-refractivity contribution >= 4 is 34.4 Å². The summed E-state index contributed by atoms with van der Waals surface area (Å²) in [4.78, 5) is 26.2. The van der Waals surface area contributed by atoms with Gasteiger partial charge in [0.25, 0.3) is 5.91 Å². The molecular weight excluding hydrogens is 371 g/mol. The molecule has 1 atom stereocenters. The van der Waals surface area contributed by atoms with Gasteiger partial charge >= 0.3 is 0 Å². The number of nitrogens with zero attached hydrogens (tertiary/aromatic N) is 4. The highest BCUT2D eigenvalue weighted by molar-refractivity contribution is 6.30. The molecule has 0 aliphatic heterocycles. The maximum Gasteiger partial charge on any atom is 0.251 e. The second-order valence-corrected chi connectivity index (χ2v) is 6.68. The van der Waals surface area contributed by atoms with E-state index in [-0.39, 0.29) is 16.6 Å². The summed E-state index contributed by atoms with van der Waals surface area (Å²) in [5.74, 6) is -0.677. The first kappa shape index (κ1) is 18.9. The number of hydrogen-bond donors (Lipinski definition) is 2. The number of carbonyl (C=O) groups is 1. The molecule has 9 heteroatoms. The van der Waals surface area contributed by atoms with E-state index >= 15 is 0 Å². The van der Waals surface area contributed by atoms with E-state index in [4.69, 9.17) is 17.3 Å². The van der Waals surface area contributed by atoms with E-state index in [2.05, 4.69) is 20.3 Å². The Morgan fingerprint density at radius 2 is 2.04 bits per heavy atom. The quantitative estimate of drug-likeness (QED) is 0.673. The lowest BCUT2D eigenvalue weighted by Crippen LogP contribution is -2.26. The first-order valence-corrected chi connectivity index (χ1v) is 8.50. The summed E-state index contributed by atoms with van der Waals surface area (Å²) in [6.45, 7) is 0.558. The highest BCUT2D eigenvalue weighted by Gasteiger charge is 2.18. The molecule has 0 fully saturated rings. The van der Waals surface area contributed by atoms with Crippen molar-refractivity contribution < 1.29 is 9.18 Å². The van der Waals surface area contributed by atoms with E-state index in [1.54, 1.807) is 6.07 Å². The summed E-state index contributed by atoms with van der Waals surface area (Å²) in [6.07, 6.45) is 2.80. The molecule has 0 aliphatic rings. The third-order valence-electron chi connectivity index (χ3n) is 3.99. The highest BCUT2D eigenvalue weighted by Crippen LogP contribution is 2.26. The molecule has 2 aromatic heterocycles. The Morgan fingerprint density at radius 3 is 2.70 bits per heavy atom. The monoisotopic (exact) mass is 388 g/mol. The number of anilines is 1. The Morgan fingerprint density at radius 1 is 1.26 bits per heavy atom. The van der Waals surface area contributed by atoms with Crippen LogP contribution in [0, 0.1) is 5.82 Å². The molecule has 1 aromatic carbocycles. The Labute approximate surface area is 160 Å². The number of pyridine rings is 1. The zero-order chi connectivity index (χ0) is 19.6. The van der Waals surface area contributed by atoms with Crippen LogP contribution in [0.5, 0.6) is 0 Å². The van der Waals surface area contributed by atoms with Crippen LogP contribution in [0.3, 0.4) is 0 Å². The van der Waals surface area contributed by atoms with Crippen molar-refractivity contribution in [2.45, 2.75) is 6.04 Å². The van der Waals surface area contributed by atoms with Gasteiger partial charge in [-0.15, -0.1) is 0 Å². The summed E-state index contributed by atoms with van der Waals surface area (Å²) < 4.78 is 13.9. The van der Waals surface area contributed by atoms with Crippen molar-refractivity contribution in [2.24, 2.45) is 5.73 Å². The van der Waals surface area contributed by atoms with Gasteiger partial charge in [0.15, 0.2) is 5.82 Å². The molecule has 0 spiro atoms. The molecule has 1 amide bonds. The van der Waals surface area contributed by atoms with Crippen LogP contribution in [0.4, 0.5) is 10.2 Å². The number of benzene rings is 1. The molecule has 0 bridgehead atoms. The number of hydrogen-bond acceptors (Lipinski definition) is 6. The van der Waals surface area contributed by atoms with Crippen LogP contribution in [0.25, 0.3) is 11.0 Å². The van der Waals surface area contributed by atoms with E-state index in [1.165, 1.54) is 30.7 Å². The van der Waals surface area contributed by atoms with Gasteiger partial charge in [0, 0.05) is 12.7 Å². The summed E-state index contributed by atoms with van der Waals surface area (Å²) in [7, 11) is 3.81. The number of carbonyl (C=O) groups excluding carboxylic acids is 1. The second kappa shape index (κ2) is 7.81. The summed E-state index contributed by atoms with van der Waals surface area (Å²) in [5, 5.41) is 3.32. The fourth-order valence-corrected chi connectivity index (χ4v) is 2.88. The number of aromatic nitrogens is 3. The van der Waals surface area contributed by atoms with Crippen molar-refractivity contribution in [1.82, 2.24) is 19.9 Å². The maximum atomic E-state index is 13.9. The number of halogens is 2. The Balaban J connectivity index is 2.04. The third kappa shape index (κ3) is 4.12. The lowest BCUT2D eigenvalue weighted by Gasteiger charge is -2.24. The second-order valence-electron chi connectivity index (χ2n) is 6.27. The maximum absolute atomic E-state index is 13.9. The van der Waals surface area contributed by atoms with Crippen LogP contribution < -0.4 is 11.1 Å². The first-order valence-electron chi connectivity index (χ1n) is 8.12. The van der Waals surface area contributed by atoms with Crippen molar-refractivity contribution in [3.63, 3.8) is 0 Å². The van der Waals surface area contributed by atoms with E-state index < -0.39 is 11.7 Å². The number of rotatable bonds is 6. The predicted molar refractivity (Wildman–Crippen MR) is 102 cm³/mol.